The molecule has 1 saturated heterocycles. The minimum Gasteiger partial charge on any atom is -0.379 e. The number of hydrogen-bond donors (Lipinski definition) is 0. The quantitative estimate of drug-likeness (QED) is 0.430. The largest absolute Gasteiger partial charge is 0.379 e. The molecular weight excluding hydrogens is 292 g/mol. The molecule has 0 unspecified atom stereocenters. The lowest BCUT2D eigenvalue weighted by molar-refractivity contribution is 0.00801. The second kappa shape index (κ2) is 15.3. The van der Waals surface area contributed by atoms with Gasteiger partial charge in [0.25, 0.3) is 0 Å². The van der Waals surface area contributed by atoms with Crippen LogP contribution in [0.4, 0.5) is 0 Å². The molecule has 5 nitrogen and oxygen atoms in total. The van der Waals surface area contributed by atoms with Gasteiger partial charge in [0.1, 0.15) is 0 Å². The summed E-state index contributed by atoms with van der Waals surface area (Å²) in [4.78, 5) is 5.11. The Kier molecular flexibility index (Phi) is 13.9. The molecule has 1 aliphatic heterocycles. The van der Waals surface area contributed by atoms with Gasteiger partial charge in [0.2, 0.25) is 0 Å². The third-order valence-electron chi connectivity index (χ3n) is 4.19. The van der Waals surface area contributed by atoms with E-state index < -0.39 is 0 Å². The van der Waals surface area contributed by atoms with Crippen molar-refractivity contribution in [1.82, 2.24) is 9.80 Å². The third-order valence-corrected chi connectivity index (χ3v) is 4.19. The zero-order valence-corrected chi connectivity index (χ0v) is 15.4. The Hall–Kier alpha value is -0.200. The van der Waals surface area contributed by atoms with E-state index in [1.165, 1.54) is 52.0 Å². The van der Waals surface area contributed by atoms with Crippen molar-refractivity contribution in [3.63, 3.8) is 0 Å². The summed E-state index contributed by atoms with van der Waals surface area (Å²) in [7, 11) is 0. The van der Waals surface area contributed by atoms with Gasteiger partial charge < -0.3 is 19.1 Å². The van der Waals surface area contributed by atoms with Gasteiger partial charge in [-0.05, 0) is 19.4 Å². The number of hydrogen-bond acceptors (Lipinski definition) is 5. The molecule has 0 spiro atoms. The van der Waals surface area contributed by atoms with Crippen molar-refractivity contribution >= 4 is 0 Å². The fraction of sp³-hybridized carbons (Fsp3) is 1.00. The Balaban J connectivity index is 1.82. The van der Waals surface area contributed by atoms with Gasteiger partial charge in [0.05, 0.1) is 33.0 Å². The summed E-state index contributed by atoms with van der Waals surface area (Å²) >= 11 is 0. The van der Waals surface area contributed by atoms with Crippen LogP contribution in [0.3, 0.4) is 0 Å². The van der Waals surface area contributed by atoms with E-state index in [2.05, 4.69) is 23.6 Å². The molecular formula is C18H38N2O3. The van der Waals surface area contributed by atoms with Crippen LogP contribution in [0.5, 0.6) is 0 Å². The van der Waals surface area contributed by atoms with E-state index in [1.54, 1.807) is 0 Å². The Labute approximate surface area is 143 Å². The Bertz CT molecular complexity index is 246. The zero-order chi connectivity index (χ0) is 16.6. The van der Waals surface area contributed by atoms with E-state index in [1.807, 2.05) is 0 Å². The molecule has 0 aromatic heterocycles. The summed E-state index contributed by atoms with van der Waals surface area (Å²) in [6.07, 6.45) is 5.09. The van der Waals surface area contributed by atoms with E-state index in [0.717, 1.165) is 26.2 Å². The van der Waals surface area contributed by atoms with Crippen LogP contribution < -0.4 is 0 Å². The molecule has 1 heterocycles. The van der Waals surface area contributed by atoms with Crippen LogP contribution in [0.1, 0.15) is 39.5 Å². The molecule has 138 valence electrons. The molecule has 5 heteroatoms. The molecule has 0 radical (unpaired) electrons. The predicted molar refractivity (Wildman–Crippen MR) is 95.2 cm³/mol. The summed E-state index contributed by atoms with van der Waals surface area (Å²) in [5.41, 5.74) is 0. The molecule has 0 aromatic carbocycles. The number of unbranched alkanes of at least 4 members (excludes halogenated alkanes) is 2. The summed E-state index contributed by atoms with van der Waals surface area (Å²) in [5, 5.41) is 0. The van der Waals surface area contributed by atoms with Crippen LogP contribution in [0.15, 0.2) is 0 Å². The van der Waals surface area contributed by atoms with Gasteiger partial charge in [-0.2, -0.15) is 0 Å². The van der Waals surface area contributed by atoms with Crippen molar-refractivity contribution in [3.8, 4) is 0 Å². The van der Waals surface area contributed by atoms with Crippen molar-refractivity contribution in [3.05, 3.63) is 0 Å². The van der Waals surface area contributed by atoms with Crippen molar-refractivity contribution in [1.29, 1.82) is 0 Å². The van der Waals surface area contributed by atoms with Crippen LogP contribution in [0.25, 0.3) is 0 Å². The van der Waals surface area contributed by atoms with Gasteiger partial charge in [0.15, 0.2) is 0 Å². The monoisotopic (exact) mass is 330 g/mol. The third kappa shape index (κ3) is 11.9. The Morgan fingerprint density at radius 2 is 1.09 bits per heavy atom. The van der Waals surface area contributed by atoms with Gasteiger partial charge in [-0.25, -0.2) is 0 Å². The van der Waals surface area contributed by atoms with Crippen LogP contribution in [-0.4, -0.2) is 88.7 Å². The van der Waals surface area contributed by atoms with Crippen LogP contribution >= 0.6 is 0 Å². The lowest BCUT2D eigenvalue weighted by Crippen LogP contribution is -2.47. The van der Waals surface area contributed by atoms with E-state index in [4.69, 9.17) is 14.2 Å². The van der Waals surface area contributed by atoms with E-state index in [-0.39, 0.29) is 0 Å². The number of ether oxygens (including phenoxy) is 3. The molecule has 1 fully saturated rings. The maximum atomic E-state index is 5.65. The summed E-state index contributed by atoms with van der Waals surface area (Å²) < 4.78 is 16.5. The minimum absolute atomic E-state index is 0.667. The van der Waals surface area contributed by atoms with Crippen molar-refractivity contribution in [2.75, 3.05) is 78.9 Å². The average molecular weight is 331 g/mol. The molecule has 0 saturated carbocycles. The summed E-state index contributed by atoms with van der Waals surface area (Å²) in [5.74, 6) is 0. The highest BCUT2D eigenvalue weighted by Gasteiger charge is 2.15. The van der Waals surface area contributed by atoms with Gasteiger partial charge in [-0.15, -0.1) is 0 Å². The smallest absolute Gasteiger partial charge is 0.0701 e. The topological polar surface area (TPSA) is 34.2 Å². The normalized spacial score (nSPS) is 17.0. The Morgan fingerprint density at radius 3 is 1.65 bits per heavy atom. The maximum Gasteiger partial charge on any atom is 0.0701 e. The molecule has 23 heavy (non-hydrogen) atoms. The number of rotatable bonds is 15. The van der Waals surface area contributed by atoms with E-state index >= 15 is 0 Å². The molecule has 0 atom stereocenters. The highest BCUT2D eigenvalue weighted by atomic mass is 16.5. The molecule has 1 rings (SSSR count). The second-order valence-corrected chi connectivity index (χ2v) is 6.23. The summed E-state index contributed by atoms with van der Waals surface area (Å²) in [6.45, 7) is 15.8. The molecule has 0 N–H and O–H groups in total. The van der Waals surface area contributed by atoms with Crippen molar-refractivity contribution < 1.29 is 14.2 Å². The first kappa shape index (κ1) is 20.8. The van der Waals surface area contributed by atoms with Crippen LogP contribution in [0, 0.1) is 0 Å². The average Bonchev–Trinajstić information content (AvgIpc) is 2.58. The standard InChI is InChI=1S/C18H38N2O3/c1-3-5-6-7-19-8-10-20(11-9-19)12-14-22-16-18-23-17-15-21-13-4-2/h3-18H2,1-2H3. The first-order valence-electron chi connectivity index (χ1n) is 9.54. The van der Waals surface area contributed by atoms with E-state index in [9.17, 15) is 0 Å². The lowest BCUT2D eigenvalue weighted by Gasteiger charge is -2.34. The number of nitrogens with zero attached hydrogens (tertiary/aromatic N) is 2. The number of piperazine rings is 1. The van der Waals surface area contributed by atoms with Gasteiger partial charge in [-0.3, -0.25) is 4.90 Å². The van der Waals surface area contributed by atoms with Crippen LogP contribution in [0.2, 0.25) is 0 Å². The maximum absolute atomic E-state index is 5.65. The second-order valence-electron chi connectivity index (χ2n) is 6.23. The molecule has 1 aliphatic rings. The molecule has 0 amide bonds. The lowest BCUT2D eigenvalue weighted by atomic mass is 10.2. The fourth-order valence-electron chi connectivity index (χ4n) is 2.70. The molecule has 0 aromatic rings. The highest BCUT2D eigenvalue weighted by Crippen LogP contribution is 2.04. The molecule has 0 bridgehead atoms. The fourth-order valence-corrected chi connectivity index (χ4v) is 2.70. The minimum atomic E-state index is 0.667. The Morgan fingerprint density at radius 1 is 0.565 bits per heavy atom. The zero-order valence-electron chi connectivity index (χ0n) is 15.4. The predicted octanol–water partition coefficient (Wildman–Crippen LogP) is 2.25. The van der Waals surface area contributed by atoms with Gasteiger partial charge in [-0.1, -0.05) is 26.7 Å². The first-order valence-corrected chi connectivity index (χ1v) is 9.54. The van der Waals surface area contributed by atoms with Crippen LogP contribution in [-0.2, 0) is 14.2 Å². The first-order chi connectivity index (χ1) is 11.4. The van der Waals surface area contributed by atoms with Crippen molar-refractivity contribution in [2.45, 2.75) is 39.5 Å². The van der Waals surface area contributed by atoms with Gasteiger partial charge >= 0.3 is 0 Å². The summed E-state index contributed by atoms with van der Waals surface area (Å²) in [6, 6.07) is 0. The van der Waals surface area contributed by atoms with Gasteiger partial charge in [0, 0.05) is 39.3 Å². The van der Waals surface area contributed by atoms with E-state index in [0.29, 0.717) is 26.4 Å². The van der Waals surface area contributed by atoms with Crippen molar-refractivity contribution in [2.24, 2.45) is 0 Å². The SMILES string of the molecule is CCCCCN1CCN(CCOCCOCCOCCC)CC1. The highest BCUT2D eigenvalue weighted by molar-refractivity contribution is 4.71. The molecule has 0 aliphatic carbocycles.